The molecule has 0 spiro atoms. The lowest BCUT2D eigenvalue weighted by molar-refractivity contribution is 0.100. The molecular formula is C12H16FN3OS. The highest BCUT2D eigenvalue weighted by Gasteiger charge is 2.17. The van der Waals surface area contributed by atoms with Gasteiger partial charge < -0.3 is 16.8 Å². The van der Waals surface area contributed by atoms with Gasteiger partial charge in [0.15, 0.2) is 0 Å². The molecule has 18 heavy (non-hydrogen) atoms. The molecule has 1 heterocycles. The number of amides is 1. The summed E-state index contributed by atoms with van der Waals surface area (Å²) in [7, 11) is 0. The standard InChI is InChI=1S/C12H16FN3OS/c13-9-5-10(14)8(12(15)17)4-11(9)16-7-2-1-3-18-6-7/h4-5,7,16H,1-3,6,14H2,(H2,15,17). The number of thioether (sulfide) groups is 1. The van der Waals surface area contributed by atoms with Gasteiger partial charge in [0.25, 0.3) is 5.91 Å². The highest BCUT2D eigenvalue weighted by atomic mass is 32.2. The minimum absolute atomic E-state index is 0.0727. The summed E-state index contributed by atoms with van der Waals surface area (Å²) in [6.07, 6.45) is 2.12. The van der Waals surface area contributed by atoms with Crippen LogP contribution >= 0.6 is 11.8 Å². The molecule has 0 aromatic heterocycles. The third-order valence-corrected chi connectivity index (χ3v) is 4.14. The molecule has 1 saturated heterocycles. The van der Waals surface area contributed by atoms with Gasteiger partial charge in [0, 0.05) is 17.5 Å². The number of nitrogen functional groups attached to an aromatic ring is 1. The van der Waals surface area contributed by atoms with Gasteiger partial charge in [-0.1, -0.05) is 0 Å². The Labute approximate surface area is 109 Å². The summed E-state index contributed by atoms with van der Waals surface area (Å²) < 4.78 is 13.7. The number of carbonyl (C=O) groups excluding carboxylic acids is 1. The first-order valence-corrected chi connectivity index (χ1v) is 6.96. The fourth-order valence-electron chi connectivity index (χ4n) is 1.99. The number of nitrogens with two attached hydrogens (primary N) is 2. The van der Waals surface area contributed by atoms with Gasteiger partial charge in [0.2, 0.25) is 0 Å². The van der Waals surface area contributed by atoms with Gasteiger partial charge in [-0.3, -0.25) is 4.79 Å². The highest BCUT2D eigenvalue weighted by Crippen LogP contribution is 2.26. The van der Waals surface area contributed by atoms with E-state index in [2.05, 4.69) is 5.32 Å². The Morgan fingerprint density at radius 2 is 2.28 bits per heavy atom. The molecule has 1 atom stereocenters. The molecule has 1 aliphatic rings. The van der Waals surface area contributed by atoms with E-state index in [1.54, 1.807) is 0 Å². The number of anilines is 2. The zero-order valence-electron chi connectivity index (χ0n) is 9.91. The predicted octanol–water partition coefficient (Wildman–Crippen LogP) is 1.81. The summed E-state index contributed by atoms with van der Waals surface area (Å²) >= 11 is 1.84. The van der Waals surface area contributed by atoms with Crippen molar-refractivity contribution in [1.29, 1.82) is 0 Å². The second-order valence-electron chi connectivity index (χ2n) is 4.34. The average molecular weight is 269 g/mol. The number of hydrogen-bond donors (Lipinski definition) is 3. The molecule has 0 saturated carbocycles. The van der Waals surface area contributed by atoms with E-state index in [1.807, 2.05) is 11.8 Å². The van der Waals surface area contributed by atoms with Crippen molar-refractivity contribution in [2.75, 3.05) is 22.6 Å². The van der Waals surface area contributed by atoms with E-state index in [0.29, 0.717) is 5.69 Å². The Kier molecular flexibility index (Phi) is 3.96. The lowest BCUT2D eigenvalue weighted by Gasteiger charge is -2.24. The normalized spacial score (nSPS) is 19.5. The van der Waals surface area contributed by atoms with Gasteiger partial charge in [0.05, 0.1) is 11.3 Å². The van der Waals surface area contributed by atoms with Crippen molar-refractivity contribution in [1.82, 2.24) is 0 Å². The van der Waals surface area contributed by atoms with E-state index < -0.39 is 11.7 Å². The van der Waals surface area contributed by atoms with Crippen LogP contribution in [0, 0.1) is 5.82 Å². The Morgan fingerprint density at radius 3 is 2.89 bits per heavy atom. The van der Waals surface area contributed by atoms with E-state index in [4.69, 9.17) is 11.5 Å². The number of primary amides is 1. The van der Waals surface area contributed by atoms with Crippen molar-refractivity contribution in [2.24, 2.45) is 5.73 Å². The smallest absolute Gasteiger partial charge is 0.250 e. The van der Waals surface area contributed by atoms with E-state index >= 15 is 0 Å². The quantitative estimate of drug-likeness (QED) is 0.731. The number of nitrogens with one attached hydrogen (secondary N) is 1. The molecule has 1 unspecified atom stereocenters. The van der Waals surface area contributed by atoms with Crippen LogP contribution in [0.1, 0.15) is 23.2 Å². The average Bonchev–Trinajstić information content (AvgIpc) is 2.33. The zero-order valence-corrected chi connectivity index (χ0v) is 10.7. The molecule has 1 aromatic rings. The summed E-state index contributed by atoms with van der Waals surface area (Å²) in [6.45, 7) is 0. The van der Waals surface area contributed by atoms with E-state index in [0.717, 1.165) is 30.4 Å². The van der Waals surface area contributed by atoms with E-state index in [-0.39, 0.29) is 17.3 Å². The lowest BCUT2D eigenvalue weighted by Crippen LogP contribution is -2.26. The number of halogens is 1. The van der Waals surface area contributed by atoms with Gasteiger partial charge in [0.1, 0.15) is 5.82 Å². The number of hydrogen-bond acceptors (Lipinski definition) is 4. The van der Waals surface area contributed by atoms with Crippen LogP contribution in [-0.4, -0.2) is 23.5 Å². The molecule has 98 valence electrons. The second-order valence-corrected chi connectivity index (χ2v) is 5.49. The van der Waals surface area contributed by atoms with Gasteiger partial charge in [-0.2, -0.15) is 11.8 Å². The Bertz CT molecular complexity index is 461. The first kappa shape index (κ1) is 13.0. The number of rotatable bonds is 3. The first-order valence-electron chi connectivity index (χ1n) is 5.81. The fraction of sp³-hybridized carbons (Fsp3) is 0.417. The monoisotopic (exact) mass is 269 g/mol. The van der Waals surface area contributed by atoms with Crippen LogP contribution in [0.15, 0.2) is 12.1 Å². The minimum atomic E-state index is -0.645. The summed E-state index contributed by atoms with van der Waals surface area (Å²) in [5.74, 6) is 0.992. The molecule has 0 aliphatic carbocycles. The largest absolute Gasteiger partial charge is 0.398 e. The fourth-order valence-corrected chi connectivity index (χ4v) is 3.06. The predicted molar refractivity (Wildman–Crippen MR) is 73.3 cm³/mol. The molecule has 1 aliphatic heterocycles. The topological polar surface area (TPSA) is 81.1 Å². The number of benzene rings is 1. The first-order chi connectivity index (χ1) is 8.58. The molecular weight excluding hydrogens is 253 g/mol. The molecule has 1 fully saturated rings. The van der Waals surface area contributed by atoms with Crippen molar-refractivity contribution in [3.8, 4) is 0 Å². The van der Waals surface area contributed by atoms with E-state index in [1.165, 1.54) is 6.07 Å². The van der Waals surface area contributed by atoms with E-state index in [9.17, 15) is 9.18 Å². The van der Waals surface area contributed by atoms with Crippen LogP contribution in [0.4, 0.5) is 15.8 Å². The van der Waals surface area contributed by atoms with Crippen molar-refractivity contribution in [3.05, 3.63) is 23.5 Å². The lowest BCUT2D eigenvalue weighted by atomic mass is 10.1. The third kappa shape index (κ3) is 2.87. The SMILES string of the molecule is NC(=O)c1cc(NC2CCCSC2)c(F)cc1N. The van der Waals surface area contributed by atoms with Crippen LogP contribution in [0.3, 0.4) is 0 Å². The van der Waals surface area contributed by atoms with Gasteiger partial charge in [-0.25, -0.2) is 4.39 Å². The van der Waals surface area contributed by atoms with Crippen molar-refractivity contribution < 1.29 is 9.18 Å². The Morgan fingerprint density at radius 1 is 1.50 bits per heavy atom. The molecule has 2 rings (SSSR count). The maximum absolute atomic E-state index is 13.7. The molecule has 1 aromatic carbocycles. The van der Waals surface area contributed by atoms with Crippen LogP contribution < -0.4 is 16.8 Å². The van der Waals surface area contributed by atoms with Crippen LogP contribution in [0.5, 0.6) is 0 Å². The summed E-state index contributed by atoms with van der Waals surface area (Å²) in [4.78, 5) is 11.2. The Balaban J connectivity index is 2.21. The van der Waals surface area contributed by atoms with Gasteiger partial charge in [-0.05, 0) is 30.7 Å². The van der Waals surface area contributed by atoms with Crippen molar-refractivity contribution in [3.63, 3.8) is 0 Å². The van der Waals surface area contributed by atoms with Gasteiger partial charge >= 0.3 is 0 Å². The minimum Gasteiger partial charge on any atom is -0.398 e. The maximum atomic E-state index is 13.7. The maximum Gasteiger partial charge on any atom is 0.250 e. The molecule has 0 radical (unpaired) electrons. The molecule has 0 bridgehead atoms. The summed E-state index contributed by atoms with van der Waals surface area (Å²) in [6, 6.07) is 2.76. The summed E-state index contributed by atoms with van der Waals surface area (Å²) in [5.41, 5.74) is 11.3. The summed E-state index contributed by atoms with van der Waals surface area (Å²) in [5, 5.41) is 3.11. The van der Waals surface area contributed by atoms with Crippen molar-refractivity contribution in [2.45, 2.75) is 18.9 Å². The molecule has 4 nitrogen and oxygen atoms in total. The van der Waals surface area contributed by atoms with Crippen LogP contribution in [0.2, 0.25) is 0 Å². The second kappa shape index (κ2) is 5.48. The zero-order chi connectivity index (χ0) is 13.1. The number of carbonyl (C=O) groups is 1. The molecule has 5 N–H and O–H groups in total. The molecule has 1 amide bonds. The Hall–Kier alpha value is -1.43. The van der Waals surface area contributed by atoms with Gasteiger partial charge in [-0.15, -0.1) is 0 Å². The third-order valence-electron chi connectivity index (χ3n) is 2.92. The molecule has 6 heteroatoms. The van der Waals surface area contributed by atoms with Crippen molar-refractivity contribution >= 4 is 29.0 Å². The highest BCUT2D eigenvalue weighted by molar-refractivity contribution is 7.99. The van der Waals surface area contributed by atoms with Crippen LogP contribution in [0.25, 0.3) is 0 Å². The van der Waals surface area contributed by atoms with Crippen LogP contribution in [-0.2, 0) is 0 Å².